The molecule has 0 saturated carbocycles. The molecule has 0 aliphatic carbocycles. The average molecular weight is 361 g/mol. The van der Waals surface area contributed by atoms with Crippen LogP contribution in [0.15, 0.2) is 60.7 Å². The average Bonchev–Trinajstić information content (AvgIpc) is 3.29. The summed E-state index contributed by atoms with van der Waals surface area (Å²) in [6, 6.07) is 21.0. The van der Waals surface area contributed by atoms with Gasteiger partial charge in [0.2, 0.25) is 0 Å². The monoisotopic (exact) mass is 361 g/mol. The van der Waals surface area contributed by atoms with E-state index in [1.54, 1.807) is 23.5 Å². The molecule has 2 heterocycles. The molecule has 4 rings (SSSR count). The number of amides is 1. The number of fused-ring (bicyclic) bond motifs is 1. The van der Waals surface area contributed by atoms with Gasteiger partial charge < -0.3 is 5.32 Å². The number of hydrogen-bond acceptors (Lipinski definition) is 5. The number of hydrogen-bond donors (Lipinski definition) is 1. The maximum Gasteiger partial charge on any atom is 0.265 e. The third kappa shape index (κ3) is 3.15. The van der Waals surface area contributed by atoms with Crippen LogP contribution >= 0.6 is 22.7 Å². The molecule has 1 N–H and O–H groups in total. The van der Waals surface area contributed by atoms with Crippen LogP contribution in [-0.4, -0.2) is 10.9 Å². The molecule has 25 heavy (non-hydrogen) atoms. The maximum atomic E-state index is 12.2. The largest absolute Gasteiger partial charge is 0.321 e. The van der Waals surface area contributed by atoms with Gasteiger partial charge in [0.15, 0.2) is 0 Å². The number of rotatable bonds is 3. The summed E-state index contributed by atoms with van der Waals surface area (Å²) in [5.74, 6) is -0.209. The Labute approximate surface area is 152 Å². The maximum absolute atomic E-state index is 12.2. The molecule has 0 radical (unpaired) electrons. The van der Waals surface area contributed by atoms with Crippen molar-refractivity contribution in [2.45, 2.75) is 0 Å². The Bertz CT molecular complexity index is 1070. The van der Waals surface area contributed by atoms with Crippen molar-refractivity contribution < 1.29 is 4.79 Å². The highest BCUT2D eigenvalue weighted by Crippen LogP contribution is 2.30. The summed E-state index contributed by atoms with van der Waals surface area (Å²) in [4.78, 5) is 17.9. The molecule has 0 aliphatic rings. The number of anilines is 1. The Kier molecular flexibility index (Phi) is 4.02. The van der Waals surface area contributed by atoms with Crippen molar-refractivity contribution in [3.8, 4) is 16.6 Å². The first kappa shape index (κ1) is 15.5. The van der Waals surface area contributed by atoms with Gasteiger partial charge in [-0.3, -0.25) is 4.79 Å². The van der Waals surface area contributed by atoms with Gasteiger partial charge in [0.05, 0.1) is 15.1 Å². The van der Waals surface area contributed by atoms with Crippen LogP contribution in [0.4, 0.5) is 5.69 Å². The third-order valence-electron chi connectivity index (χ3n) is 3.62. The molecule has 0 fully saturated rings. The Hall–Kier alpha value is -3.01. The zero-order valence-corrected chi connectivity index (χ0v) is 14.5. The van der Waals surface area contributed by atoms with Gasteiger partial charge in [0, 0.05) is 11.3 Å². The van der Waals surface area contributed by atoms with Gasteiger partial charge >= 0.3 is 0 Å². The van der Waals surface area contributed by atoms with Gasteiger partial charge in [-0.2, -0.15) is 5.26 Å². The number of carbonyl (C=O) groups is 1. The van der Waals surface area contributed by atoms with E-state index in [-0.39, 0.29) is 5.91 Å². The highest BCUT2D eigenvalue weighted by atomic mass is 32.1. The van der Waals surface area contributed by atoms with Gasteiger partial charge in [-0.25, -0.2) is 4.98 Å². The van der Waals surface area contributed by atoms with E-state index in [1.807, 2.05) is 48.5 Å². The number of para-hydroxylation sites is 1. The lowest BCUT2D eigenvalue weighted by Crippen LogP contribution is -2.09. The van der Waals surface area contributed by atoms with E-state index >= 15 is 0 Å². The topological polar surface area (TPSA) is 65.8 Å². The first-order chi connectivity index (χ1) is 12.2. The molecule has 2 aromatic heterocycles. The fourth-order valence-corrected chi connectivity index (χ4v) is 4.07. The number of thiophene rings is 1. The van der Waals surface area contributed by atoms with E-state index in [0.29, 0.717) is 15.4 Å². The molecular formula is C19H11N3OS2. The van der Waals surface area contributed by atoms with Gasteiger partial charge in [0.25, 0.3) is 5.91 Å². The second kappa shape index (κ2) is 6.48. The fourth-order valence-electron chi connectivity index (χ4n) is 2.40. The first-order valence-electron chi connectivity index (χ1n) is 7.50. The fraction of sp³-hybridized carbons (Fsp3) is 0. The Morgan fingerprint density at radius 2 is 1.80 bits per heavy atom. The van der Waals surface area contributed by atoms with Crippen molar-refractivity contribution in [3.63, 3.8) is 0 Å². The third-order valence-corrected chi connectivity index (χ3v) is 5.70. The second-order valence-corrected chi connectivity index (χ2v) is 7.41. The molecule has 0 spiro atoms. The smallest absolute Gasteiger partial charge is 0.265 e. The van der Waals surface area contributed by atoms with Crippen LogP contribution in [0.1, 0.15) is 14.5 Å². The lowest BCUT2D eigenvalue weighted by molar-refractivity contribution is 0.103. The van der Waals surface area contributed by atoms with Crippen LogP contribution in [0.25, 0.3) is 20.8 Å². The minimum atomic E-state index is -0.209. The quantitative estimate of drug-likeness (QED) is 0.549. The summed E-state index contributed by atoms with van der Waals surface area (Å²) in [5, 5.41) is 12.6. The van der Waals surface area contributed by atoms with Crippen LogP contribution < -0.4 is 5.32 Å². The Morgan fingerprint density at radius 1 is 1.00 bits per heavy atom. The predicted molar refractivity (Wildman–Crippen MR) is 102 cm³/mol. The summed E-state index contributed by atoms with van der Waals surface area (Å²) >= 11 is 2.83. The van der Waals surface area contributed by atoms with Crippen molar-refractivity contribution in [3.05, 3.63) is 70.4 Å². The predicted octanol–water partition coefficient (Wildman–Crippen LogP) is 5.15. The van der Waals surface area contributed by atoms with E-state index in [1.165, 1.54) is 11.3 Å². The summed E-state index contributed by atoms with van der Waals surface area (Å²) in [5.41, 5.74) is 2.72. The van der Waals surface area contributed by atoms with Crippen molar-refractivity contribution in [1.82, 2.24) is 4.98 Å². The van der Waals surface area contributed by atoms with Crippen LogP contribution in [0.3, 0.4) is 0 Å². The van der Waals surface area contributed by atoms with Gasteiger partial charge in [0.1, 0.15) is 16.0 Å². The van der Waals surface area contributed by atoms with Gasteiger partial charge in [-0.15, -0.1) is 22.7 Å². The van der Waals surface area contributed by atoms with E-state index in [2.05, 4.69) is 16.4 Å². The SMILES string of the molecule is N#Cc1ccc(C(=O)Nc2ccc(-c3nc4ccccc4s3)cc2)s1. The molecule has 0 saturated heterocycles. The van der Waals surface area contributed by atoms with E-state index in [9.17, 15) is 4.79 Å². The minimum absolute atomic E-state index is 0.209. The number of nitrogens with one attached hydrogen (secondary N) is 1. The van der Waals surface area contributed by atoms with Crippen molar-refractivity contribution in [2.24, 2.45) is 0 Å². The number of nitrogens with zero attached hydrogens (tertiary/aromatic N) is 2. The van der Waals surface area contributed by atoms with Crippen LogP contribution in [0.2, 0.25) is 0 Å². The zero-order valence-electron chi connectivity index (χ0n) is 12.9. The number of carbonyl (C=O) groups excluding carboxylic acids is 1. The number of aromatic nitrogens is 1. The normalized spacial score (nSPS) is 10.5. The molecule has 0 unspecified atom stereocenters. The van der Waals surface area contributed by atoms with Gasteiger partial charge in [-0.1, -0.05) is 12.1 Å². The number of thiazole rings is 1. The minimum Gasteiger partial charge on any atom is -0.321 e. The lowest BCUT2D eigenvalue weighted by atomic mass is 10.2. The van der Waals surface area contributed by atoms with Crippen molar-refractivity contribution >= 4 is 44.5 Å². The Morgan fingerprint density at radius 3 is 2.52 bits per heavy atom. The standard InChI is InChI=1S/C19H11N3OS2/c20-11-14-9-10-17(24-14)18(23)21-13-7-5-12(6-8-13)19-22-15-3-1-2-4-16(15)25-19/h1-10H,(H,21,23). The molecule has 1 amide bonds. The molecule has 4 aromatic rings. The summed E-state index contributed by atoms with van der Waals surface area (Å²) in [6.07, 6.45) is 0. The van der Waals surface area contributed by atoms with E-state index < -0.39 is 0 Å². The number of nitriles is 1. The zero-order chi connectivity index (χ0) is 17.2. The summed E-state index contributed by atoms with van der Waals surface area (Å²) < 4.78 is 1.15. The number of benzene rings is 2. The molecular weight excluding hydrogens is 350 g/mol. The molecule has 0 bridgehead atoms. The highest BCUT2D eigenvalue weighted by molar-refractivity contribution is 7.21. The Balaban J connectivity index is 1.53. The lowest BCUT2D eigenvalue weighted by Gasteiger charge is -2.04. The van der Waals surface area contributed by atoms with Crippen molar-refractivity contribution in [2.75, 3.05) is 5.32 Å². The van der Waals surface area contributed by atoms with Crippen molar-refractivity contribution in [1.29, 1.82) is 5.26 Å². The van der Waals surface area contributed by atoms with E-state index in [4.69, 9.17) is 5.26 Å². The van der Waals surface area contributed by atoms with E-state index in [0.717, 1.165) is 20.8 Å². The first-order valence-corrected chi connectivity index (χ1v) is 9.13. The van der Waals surface area contributed by atoms with Crippen LogP contribution in [-0.2, 0) is 0 Å². The van der Waals surface area contributed by atoms with Crippen LogP contribution in [0, 0.1) is 11.3 Å². The molecule has 0 aliphatic heterocycles. The molecule has 4 nitrogen and oxygen atoms in total. The highest BCUT2D eigenvalue weighted by Gasteiger charge is 2.10. The van der Waals surface area contributed by atoms with Gasteiger partial charge in [-0.05, 0) is 48.5 Å². The summed E-state index contributed by atoms with van der Waals surface area (Å²) in [7, 11) is 0. The molecule has 0 atom stereocenters. The van der Waals surface area contributed by atoms with Crippen LogP contribution in [0.5, 0.6) is 0 Å². The summed E-state index contributed by atoms with van der Waals surface area (Å²) in [6.45, 7) is 0. The molecule has 120 valence electrons. The molecule has 2 aromatic carbocycles. The second-order valence-electron chi connectivity index (χ2n) is 5.29. The molecule has 6 heteroatoms.